The van der Waals surface area contributed by atoms with Gasteiger partial charge in [0.15, 0.2) is 0 Å². The molecule has 2 rings (SSSR count). The van der Waals surface area contributed by atoms with Gasteiger partial charge in [-0.25, -0.2) is 0 Å². The number of nitrogens with one attached hydrogen (secondary N) is 1. The molecule has 0 bridgehead atoms. The molecule has 18 heavy (non-hydrogen) atoms. The average molecular weight is 244 g/mol. The monoisotopic (exact) mass is 244 g/mol. The first-order valence-electron chi connectivity index (χ1n) is 5.65. The summed E-state index contributed by atoms with van der Waals surface area (Å²) in [6.07, 6.45) is 1.55. The summed E-state index contributed by atoms with van der Waals surface area (Å²) in [6.45, 7) is 3.80. The van der Waals surface area contributed by atoms with Crippen molar-refractivity contribution in [1.82, 2.24) is 9.78 Å². The van der Waals surface area contributed by atoms with E-state index in [-0.39, 0.29) is 5.91 Å². The van der Waals surface area contributed by atoms with Crippen LogP contribution in [0, 0.1) is 13.8 Å². The van der Waals surface area contributed by atoms with Crippen LogP contribution in [0.3, 0.4) is 0 Å². The van der Waals surface area contributed by atoms with Crippen molar-refractivity contribution in [3.63, 3.8) is 0 Å². The molecule has 0 spiro atoms. The second-order valence-electron chi connectivity index (χ2n) is 4.31. The maximum atomic E-state index is 12.1. The summed E-state index contributed by atoms with van der Waals surface area (Å²) in [6, 6.07) is 5.53. The zero-order valence-electron chi connectivity index (χ0n) is 10.7. The minimum Gasteiger partial charge on any atom is -0.397 e. The number of aromatic nitrogens is 2. The molecule has 0 unspecified atom stereocenters. The molecular weight excluding hydrogens is 228 g/mol. The number of hydrogen-bond acceptors (Lipinski definition) is 3. The van der Waals surface area contributed by atoms with Crippen LogP contribution in [0.15, 0.2) is 24.4 Å². The highest BCUT2D eigenvalue weighted by molar-refractivity contribution is 6.06. The molecule has 1 aromatic carbocycles. The van der Waals surface area contributed by atoms with Gasteiger partial charge in [-0.15, -0.1) is 0 Å². The molecule has 0 aliphatic carbocycles. The lowest BCUT2D eigenvalue weighted by atomic mass is 10.2. The molecule has 0 saturated heterocycles. The van der Waals surface area contributed by atoms with Crippen LogP contribution in [0.1, 0.15) is 21.6 Å². The molecule has 5 nitrogen and oxygen atoms in total. The average Bonchev–Trinajstić information content (AvgIpc) is 2.64. The third-order valence-electron chi connectivity index (χ3n) is 2.94. The molecule has 1 aromatic heterocycles. The number of carbonyl (C=O) groups excluding carboxylic acids is 1. The number of carbonyl (C=O) groups is 1. The van der Waals surface area contributed by atoms with Gasteiger partial charge in [0, 0.05) is 12.7 Å². The second kappa shape index (κ2) is 4.52. The molecule has 0 atom stereocenters. The largest absolute Gasteiger partial charge is 0.397 e. The predicted octanol–water partition coefficient (Wildman–Crippen LogP) is 1.87. The summed E-state index contributed by atoms with van der Waals surface area (Å²) in [5.41, 5.74) is 9.46. The van der Waals surface area contributed by atoms with E-state index in [9.17, 15) is 4.79 Å². The van der Waals surface area contributed by atoms with Crippen LogP contribution in [0.5, 0.6) is 0 Å². The van der Waals surface area contributed by atoms with Gasteiger partial charge in [-0.3, -0.25) is 9.48 Å². The van der Waals surface area contributed by atoms with Gasteiger partial charge in [0.05, 0.1) is 23.1 Å². The molecule has 1 amide bonds. The molecule has 0 radical (unpaired) electrons. The van der Waals surface area contributed by atoms with E-state index in [1.165, 1.54) is 0 Å². The number of nitrogens with zero attached hydrogens (tertiary/aromatic N) is 2. The Bertz CT molecular complexity index is 601. The molecule has 5 heteroatoms. The number of hydrogen-bond donors (Lipinski definition) is 2. The quantitative estimate of drug-likeness (QED) is 0.792. The number of nitrogen functional groups attached to an aromatic ring is 1. The van der Waals surface area contributed by atoms with E-state index < -0.39 is 0 Å². The fourth-order valence-corrected chi connectivity index (χ4v) is 1.71. The van der Waals surface area contributed by atoms with Gasteiger partial charge in [-0.2, -0.15) is 5.10 Å². The van der Waals surface area contributed by atoms with Gasteiger partial charge in [-0.05, 0) is 31.5 Å². The summed E-state index contributed by atoms with van der Waals surface area (Å²) in [4.78, 5) is 12.1. The van der Waals surface area contributed by atoms with Gasteiger partial charge in [0.2, 0.25) is 0 Å². The SMILES string of the molecule is Cc1ccc(NC(=O)c2cnn(C)c2C)c(N)c1. The molecule has 3 N–H and O–H groups in total. The van der Waals surface area contributed by atoms with Crippen molar-refractivity contribution in [2.75, 3.05) is 11.1 Å². The molecule has 94 valence electrons. The van der Waals surface area contributed by atoms with Gasteiger partial charge in [0.1, 0.15) is 0 Å². The third kappa shape index (κ3) is 2.20. The highest BCUT2D eigenvalue weighted by Gasteiger charge is 2.13. The molecule has 0 aliphatic rings. The Kier molecular flexibility index (Phi) is 3.06. The van der Waals surface area contributed by atoms with Crippen LogP contribution >= 0.6 is 0 Å². The number of amides is 1. The van der Waals surface area contributed by atoms with Crippen LogP contribution in [0.25, 0.3) is 0 Å². The Hall–Kier alpha value is -2.30. The van der Waals surface area contributed by atoms with E-state index >= 15 is 0 Å². The summed E-state index contributed by atoms with van der Waals surface area (Å²) in [5.74, 6) is -0.198. The minimum absolute atomic E-state index is 0.198. The Morgan fingerprint density at radius 3 is 2.67 bits per heavy atom. The lowest BCUT2D eigenvalue weighted by molar-refractivity contribution is 0.102. The fraction of sp³-hybridized carbons (Fsp3) is 0.231. The van der Waals surface area contributed by atoms with Crippen LogP contribution < -0.4 is 11.1 Å². The van der Waals surface area contributed by atoms with E-state index in [0.717, 1.165) is 11.3 Å². The smallest absolute Gasteiger partial charge is 0.259 e. The first kappa shape index (κ1) is 12.2. The predicted molar refractivity (Wildman–Crippen MR) is 71.5 cm³/mol. The van der Waals surface area contributed by atoms with Gasteiger partial charge in [0.25, 0.3) is 5.91 Å². The summed E-state index contributed by atoms with van der Waals surface area (Å²) >= 11 is 0. The van der Waals surface area contributed by atoms with Crippen LogP contribution in [0.4, 0.5) is 11.4 Å². The molecule has 2 aromatic rings. The van der Waals surface area contributed by atoms with E-state index in [1.807, 2.05) is 26.0 Å². The highest BCUT2D eigenvalue weighted by atomic mass is 16.1. The molecule has 0 saturated carbocycles. The van der Waals surface area contributed by atoms with Crippen LogP contribution in [-0.4, -0.2) is 15.7 Å². The summed E-state index contributed by atoms with van der Waals surface area (Å²) in [5, 5.41) is 6.83. The summed E-state index contributed by atoms with van der Waals surface area (Å²) in [7, 11) is 1.80. The van der Waals surface area contributed by atoms with Crippen molar-refractivity contribution in [2.45, 2.75) is 13.8 Å². The van der Waals surface area contributed by atoms with Crippen molar-refractivity contribution in [1.29, 1.82) is 0 Å². The number of benzene rings is 1. The molecule has 1 heterocycles. The number of aryl methyl sites for hydroxylation is 2. The standard InChI is InChI=1S/C13H16N4O/c1-8-4-5-12(11(14)6-8)16-13(18)10-7-15-17(3)9(10)2/h4-7H,14H2,1-3H3,(H,16,18). The van der Waals surface area contributed by atoms with Crippen LogP contribution in [-0.2, 0) is 7.05 Å². The lowest BCUT2D eigenvalue weighted by Crippen LogP contribution is -2.14. The van der Waals surface area contributed by atoms with Crippen molar-refractivity contribution in [2.24, 2.45) is 7.05 Å². The van der Waals surface area contributed by atoms with E-state index in [1.54, 1.807) is 24.0 Å². The number of anilines is 2. The third-order valence-corrected chi connectivity index (χ3v) is 2.94. The second-order valence-corrected chi connectivity index (χ2v) is 4.31. The zero-order chi connectivity index (χ0) is 13.3. The zero-order valence-corrected chi connectivity index (χ0v) is 10.7. The highest BCUT2D eigenvalue weighted by Crippen LogP contribution is 2.20. The van der Waals surface area contributed by atoms with Crippen LogP contribution in [0.2, 0.25) is 0 Å². The van der Waals surface area contributed by atoms with Gasteiger partial charge < -0.3 is 11.1 Å². The Balaban J connectivity index is 2.24. The topological polar surface area (TPSA) is 72.9 Å². The van der Waals surface area contributed by atoms with Crippen molar-refractivity contribution in [3.8, 4) is 0 Å². The number of rotatable bonds is 2. The minimum atomic E-state index is -0.198. The first-order chi connectivity index (χ1) is 8.49. The molecular formula is C13H16N4O. The van der Waals surface area contributed by atoms with E-state index in [4.69, 9.17) is 5.73 Å². The van der Waals surface area contributed by atoms with Crippen molar-refractivity contribution < 1.29 is 4.79 Å². The Labute approximate surface area is 106 Å². The Morgan fingerprint density at radius 2 is 2.11 bits per heavy atom. The maximum Gasteiger partial charge on any atom is 0.259 e. The normalized spacial score (nSPS) is 10.4. The van der Waals surface area contributed by atoms with Gasteiger partial charge >= 0.3 is 0 Å². The van der Waals surface area contributed by atoms with Crippen molar-refractivity contribution in [3.05, 3.63) is 41.2 Å². The fourth-order valence-electron chi connectivity index (χ4n) is 1.71. The maximum absolute atomic E-state index is 12.1. The first-order valence-corrected chi connectivity index (χ1v) is 5.65. The Morgan fingerprint density at radius 1 is 1.39 bits per heavy atom. The van der Waals surface area contributed by atoms with E-state index in [0.29, 0.717) is 16.9 Å². The molecule has 0 fully saturated rings. The molecule has 0 aliphatic heterocycles. The van der Waals surface area contributed by atoms with E-state index in [2.05, 4.69) is 10.4 Å². The lowest BCUT2D eigenvalue weighted by Gasteiger charge is -2.08. The van der Waals surface area contributed by atoms with Gasteiger partial charge in [-0.1, -0.05) is 6.07 Å². The summed E-state index contributed by atoms with van der Waals surface area (Å²) < 4.78 is 1.66. The number of nitrogens with two attached hydrogens (primary N) is 1. The van der Waals surface area contributed by atoms with Crippen molar-refractivity contribution >= 4 is 17.3 Å².